The molecule has 1 heterocycles. The number of hydrogen-bond donors (Lipinski definition) is 2. The van der Waals surface area contributed by atoms with Crippen molar-refractivity contribution in [2.75, 3.05) is 19.7 Å². The highest BCUT2D eigenvalue weighted by molar-refractivity contribution is 5.03. The first-order valence-corrected chi connectivity index (χ1v) is 8.65. The van der Waals surface area contributed by atoms with E-state index in [9.17, 15) is 5.11 Å². The molecule has 3 fully saturated rings. The zero-order valence-corrected chi connectivity index (χ0v) is 13.3. The Kier molecular flexibility index (Phi) is 4.13. The predicted octanol–water partition coefficient (Wildman–Crippen LogP) is 2.53. The van der Waals surface area contributed by atoms with Crippen molar-refractivity contribution in [1.82, 2.24) is 10.2 Å². The van der Waals surface area contributed by atoms with Gasteiger partial charge >= 0.3 is 0 Å². The van der Waals surface area contributed by atoms with Gasteiger partial charge in [-0.2, -0.15) is 0 Å². The molecule has 0 aromatic carbocycles. The summed E-state index contributed by atoms with van der Waals surface area (Å²) in [6, 6.07) is 1.39. The van der Waals surface area contributed by atoms with Crippen molar-refractivity contribution in [3.05, 3.63) is 0 Å². The lowest BCUT2D eigenvalue weighted by atomic mass is 9.85. The molecular weight excluding hydrogens is 248 g/mol. The van der Waals surface area contributed by atoms with Crippen LogP contribution in [0.2, 0.25) is 0 Å². The van der Waals surface area contributed by atoms with Crippen LogP contribution in [0.5, 0.6) is 0 Å². The molecule has 0 aromatic rings. The molecule has 0 amide bonds. The molecule has 0 bridgehead atoms. The minimum absolute atomic E-state index is 0.0354. The lowest BCUT2D eigenvalue weighted by molar-refractivity contribution is 0.140. The monoisotopic (exact) mass is 280 g/mol. The first kappa shape index (κ1) is 14.8. The highest BCUT2D eigenvalue weighted by Gasteiger charge is 2.43. The standard InChI is InChI=1S/C17H32N2O/c1-16(2)7-3-10-19(11-9-16)15-6-8-17(12-15,13-20)18-14-4-5-14/h14-15,18,20H,3-13H2,1-2H3. The molecule has 0 spiro atoms. The Bertz CT molecular complexity index is 340. The third kappa shape index (κ3) is 3.37. The van der Waals surface area contributed by atoms with Crippen LogP contribution in [0.4, 0.5) is 0 Å². The number of nitrogens with one attached hydrogen (secondary N) is 1. The average Bonchev–Trinajstić information content (AvgIpc) is 3.14. The van der Waals surface area contributed by atoms with E-state index in [1.54, 1.807) is 0 Å². The van der Waals surface area contributed by atoms with Crippen LogP contribution in [0.3, 0.4) is 0 Å². The van der Waals surface area contributed by atoms with E-state index in [0.29, 0.717) is 24.1 Å². The summed E-state index contributed by atoms with van der Waals surface area (Å²) in [6.07, 6.45) is 10.2. The maximum Gasteiger partial charge on any atom is 0.0614 e. The van der Waals surface area contributed by atoms with E-state index in [4.69, 9.17) is 0 Å². The largest absolute Gasteiger partial charge is 0.394 e. The smallest absolute Gasteiger partial charge is 0.0614 e. The molecule has 2 N–H and O–H groups in total. The maximum absolute atomic E-state index is 9.87. The molecule has 116 valence electrons. The second-order valence-electron chi connectivity index (χ2n) is 8.31. The van der Waals surface area contributed by atoms with Crippen molar-refractivity contribution in [1.29, 1.82) is 0 Å². The van der Waals surface area contributed by atoms with Crippen molar-refractivity contribution in [2.45, 2.75) is 82.8 Å². The van der Waals surface area contributed by atoms with Crippen LogP contribution in [0.25, 0.3) is 0 Å². The van der Waals surface area contributed by atoms with Gasteiger partial charge in [0.15, 0.2) is 0 Å². The van der Waals surface area contributed by atoms with Crippen molar-refractivity contribution in [3.63, 3.8) is 0 Å². The molecule has 3 rings (SSSR count). The van der Waals surface area contributed by atoms with E-state index in [0.717, 1.165) is 12.8 Å². The second-order valence-corrected chi connectivity index (χ2v) is 8.31. The molecule has 2 unspecified atom stereocenters. The number of aliphatic hydroxyl groups excluding tert-OH is 1. The molecule has 3 nitrogen and oxygen atoms in total. The van der Waals surface area contributed by atoms with Crippen LogP contribution in [-0.4, -0.2) is 47.3 Å². The lowest BCUT2D eigenvalue weighted by Crippen LogP contribution is -2.49. The van der Waals surface area contributed by atoms with Gasteiger partial charge in [0, 0.05) is 17.6 Å². The lowest BCUT2D eigenvalue weighted by Gasteiger charge is -2.32. The van der Waals surface area contributed by atoms with Gasteiger partial charge < -0.3 is 15.3 Å². The Labute approximate surface area is 124 Å². The first-order chi connectivity index (χ1) is 9.52. The van der Waals surface area contributed by atoms with Crippen LogP contribution >= 0.6 is 0 Å². The minimum Gasteiger partial charge on any atom is -0.394 e. The molecule has 3 heteroatoms. The van der Waals surface area contributed by atoms with Gasteiger partial charge in [0.05, 0.1) is 6.61 Å². The quantitative estimate of drug-likeness (QED) is 0.831. The summed E-state index contributed by atoms with van der Waals surface area (Å²) < 4.78 is 0. The third-order valence-corrected chi connectivity index (χ3v) is 5.86. The summed E-state index contributed by atoms with van der Waals surface area (Å²) in [5.74, 6) is 0. The van der Waals surface area contributed by atoms with Crippen molar-refractivity contribution < 1.29 is 5.11 Å². The van der Waals surface area contributed by atoms with E-state index < -0.39 is 0 Å². The van der Waals surface area contributed by atoms with E-state index in [1.807, 2.05) is 0 Å². The second kappa shape index (κ2) is 5.58. The van der Waals surface area contributed by atoms with Crippen molar-refractivity contribution in [2.24, 2.45) is 5.41 Å². The summed E-state index contributed by atoms with van der Waals surface area (Å²) in [7, 11) is 0. The molecule has 1 aliphatic heterocycles. The maximum atomic E-state index is 9.87. The SMILES string of the molecule is CC1(C)CCCN(C2CCC(CO)(NC3CC3)C2)CC1. The molecule has 3 aliphatic rings. The Morgan fingerprint density at radius 3 is 2.60 bits per heavy atom. The fourth-order valence-corrected chi connectivity index (χ4v) is 4.20. The first-order valence-electron chi connectivity index (χ1n) is 8.65. The van der Waals surface area contributed by atoms with Crippen LogP contribution in [0.1, 0.15) is 65.2 Å². The molecule has 2 atom stereocenters. The molecule has 1 saturated heterocycles. The highest BCUT2D eigenvalue weighted by Crippen LogP contribution is 2.38. The number of aliphatic hydroxyl groups is 1. The van der Waals surface area contributed by atoms with Gasteiger partial charge in [-0.25, -0.2) is 0 Å². The Morgan fingerprint density at radius 1 is 1.10 bits per heavy atom. The van der Waals surface area contributed by atoms with Gasteiger partial charge in [-0.15, -0.1) is 0 Å². The fraction of sp³-hybridized carbons (Fsp3) is 1.00. The predicted molar refractivity (Wildman–Crippen MR) is 82.8 cm³/mol. The Hall–Kier alpha value is -0.120. The summed E-state index contributed by atoms with van der Waals surface area (Å²) in [4.78, 5) is 2.72. The van der Waals surface area contributed by atoms with Crippen LogP contribution < -0.4 is 5.32 Å². The van der Waals surface area contributed by atoms with Gasteiger partial charge in [0.2, 0.25) is 0 Å². The number of hydrogen-bond acceptors (Lipinski definition) is 3. The van der Waals surface area contributed by atoms with E-state index in [-0.39, 0.29) is 5.54 Å². The third-order valence-electron chi connectivity index (χ3n) is 5.86. The molecular formula is C17H32N2O. The normalized spacial score (nSPS) is 38.9. The zero-order chi connectivity index (χ0) is 14.2. The van der Waals surface area contributed by atoms with Crippen LogP contribution in [-0.2, 0) is 0 Å². The summed E-state index contributed by atoms with van der Waals surface area (Å²) in [5, 5.41) is 13.6. The average molecular weight is 280 g/mol. The molecule has 20 heavy (non-hydrogen) atoms. The zero-order valence-electron chi connectivity index (χ0n) is 13.3. The number of nitrogens with zero attached hydrogens (tertiary/aromatic N) is 1. The Morgan fingerprint density at radius 2 is 1.90 bits per heavy atom. The highest BCUT2D eigenvalue weighted by atomic mass is 16.3. The van der Waals surface area contributed by atoms with Gasteiger partial charge in [-0.1, -0.05) is 13.8 Å². The van der Waals surface area contributed by atoms with E-state index in [2.05, 4.69) is 24.1 Å². The fourth-order valence-electron chi connectivity index (χ4n) is 4.20. The summed E-state index contributed by atoms with van der Waals surface area (Å²) in [6.45, 7) is 7.66. The molecule has 2 saturated carbocycles. The van der Waals surface area contributed by atoms with Crippen molar-refractivity contribution >= 4 is 0 Å². The van der Waals surface area contributed by atoms with Gasteiger partial charge in [-0.3, -0.25) is 0 Å². The Balaban J connectivity index is 1.58. The van der Waals surface area contributed by atoms with Crippen LogP contribution in [0, 0.1) is 5.41 Å². The van der Waals surface area contributed by atoms with E-state index in [1.165, 1.54) is 51.6 Å². The van der Waals surface area contributed by atoms with Crippen molar-refractivity contribution in [3.8, 4) is 0 Å². The summed E-state index contributed by atoms with van der Waals surface area (Å²) in [5.41, 5.74) is 0.557. The van der Waals surface area contributed by atoms with Crippen LogP contribution in [0.15, 0.2) is 0 Å². The molecule has 0 radical (unpaired) electrons. The van der Waals surface area contributed by atoms with Gasteiger partial charge in [0.25, 0.3) is 0 Å². The number of likely N-dealkylation sites (tertiary alicyclic amines) is 1. The van der Waals surface area contributed by atoms with Gasteiger partial charge in [0.1, 0.15) is 0 Å². The molecule has 0 aromatic heterocycles. The molecule has 2 aliphatic carbocycles. The number of rotatable bonds is 4. The van der Waals surface area contributed by atoms with Gasteiger partial charge in [-0.05, 0) is 69.9 Å². The van der Waals surface area contributed by atoms with E-state index >= 15 is 0 Å². The topological polar surface area (TPSA) is 35.5 Å². The summed E-state index contributed by atoms with van der Waals surface area (Å²) >= 11 is 0. The minimum atomic E-state index is 0.0354.